The van der Waals surface area contributed by atoms with E-state index in [0.29, 0.717) is 12.8 Å². The zero-order valence-electron chi connectivity index (χ0n) is 16.7. The van der Waals surface area contributed by atoms with Crippen LogP contribution in [-0.2, 0) is 24.3 Å². The summed E-state index contributed by atoms with van der Waals surface area (Å²) in [5.41, 5.74) is -0.491. The van der Waals surface area contributed by atoms with Crippen LogP contribution in [0.4, 0.5) is 0 Å². The van der Waals surface area contributed by atoms with Gasteiger partial charge in [-0.25, -0.2) is 8.42 Å². The highest BCUT2D eigenvalue weighted by atomic mass is 35.5. The van der Waals surface area contributed by atoms with E-state index >= 15 is 0 Å². The summed E-state index contributed by atoms with van der Waals surface area (Å²) in [4.78, 5) is 25.0. The number of hydrogen-bond donors (Lipinski definition) is 2. The highest BCUT2D eigenvalue weighted by Gasteiger charge is 2.61. The molecule has 29 heavy (non-hydrogen) atoms. The van der Waals surface area contributed by atoms with Gasteiger partial charge in [-0.05, 0) is 63.1 Å². The summed E-state index contributed by atoms with van der Waals surface area (Å²) in [6.45, 7) is 3.66. The van der Waals surface area contributed by atoms with Gasteiger partial charge in [-0.1, -0.05) is 24.1 Å². The molecular formula is C20H27ClN2O5S. The molecule has 0 bridgehead atoms. The molecule has 1 aromatic carbocycles. The zero-order chi connectivity index (χ0) is 21.3. The molecule has 160 valence electrons. The Morgan fingerprint density at radius 2 is 1.97 bits per heavy atom. The van der Waals surface area contributed by atoms with Gasteiger partial charge in [0.1, 0.15) is 0 Å². The fourth-order valence-electron chi connectivity index (χ4n) is 4.44. The molecule has 0 saturated heterocycles. The molecule has 1 aromatic rings. The Labute approximate surface area is 176 Å². The maximum absolute atomic E-state index is 12.5. The third kappa shape index (κ3) is 4.59. The number of carbonyl (C=O) groups is 2. The first-order valence-electron chi connectivity index (χ1n) is 9.84. The molecule has 0 unspecified atom stereocenters. The van der Waals surface area contributed by atoms with Gasteiger partial charge >= 0.3 is 5.97 Å². The van der Waals surface area contributed by atoms with Gasteiger partial charge in [0, 0.05) is 11.6 Å². The van der Waals surface area contributed by atoms with Crippen molar-refractivity contribution in [2.24, 2.45) is 10.8 Å². The molecule has 0 aliphatic heterocycles. The van der Waals surface area contributed by atoms with Crippen molar-refractivity contribution in [2.45, 2.75) is 56.9 Å². The van der Waals surface area contributed by atoms with Crippen molar-refractivity contribution in [2.75, 3.05) is 13.2 Å². The van der Waals surface area contributed by atoms with Crippen molar-refractivity contribution in [3.8, 4) is 0 Å². The molecule has 0 aromatic heterocycles. The predicted octanol–water partition coefficient (Wildman–Crippen LogP) is 2.64. The topological polar surface area (TPSA) is 102 Å². The predicted molar refractivity (Wildman–Crippen MR) is 109 cm³/mol. The molecule has 9 heteroatoms. The van der Waals surface area contributed by atoms with E-state index in [1.165, 1.54) is 31.5 Å². The Morgan fingerprint density at radius 3 is 2.52 bits per heavy atom. The molecule has 2 fully saturated rings. The second kappa shape index (κ2) is 8.24. The maximum Gasteiger partial charge on any atom is 0.313 e. The molecule has 2 aliphatic carbocycles. The van der Waals surface area contributed by atoms with E-state index in [1.807, 2.05) is 0 Å². The highest BCUT2D eigenvalue weighted by molar-refractivity contribution is 7.89. The van der Waals surface area contributed by atoms with Crippen LogP contribution in [0, 0.1) is 10.8 Å². The molecule has 0 heterocycles. The van der Waals surface area contributed by atoms with Gasteiger partial charge in [-0.15, -0.1) is 0 Å². The normalized spacial score (nSPS) is 20.2. The lowest BCUT2D eigenvalue weighted by molar-refractivity contribution is -0.180. The number of rotatable bonds is 8. The first-order valence-corrected chi connectivity index (χ1v) is 11.7. The van der Waals surface area contributed by atoms with Crippen molar-refractivity contribution in [3.63, 3.8) is 0 Å². The Morgan fingerprint density at radius 1 is 1.28 bits per heavy atom. The Bertz CT molecular complexity index is 890. The minimum absolute atomic E-state index is 0.0152. The second-order valence-corrected chi connectivity index (χ2v) is 10.4. The lowest BCUT2D eigenvalue weighted by atomic mass is 9.45. The monoisotopic (exact) mass is 442 g/mol. The molecule has 1 amide bonds. The van der Waals surface area contributed by atoms with E-state index in [9.17, 15) is 18.0 Å². The van der Waals surface area contributed by atoms with Crippen LogP contribution in [-0.4, -0.2) is 39.5 Å². The molecule has 1 spiro atoms. The van der Waals surface area contributed by atoms with Gasteiger partial charge in [0.15, 0.2) is 0 Å². The summed E-state index contributed by atoms with van der Waals surface area (Å²) >= 11 is 5.85. The molecule has 2 aliphatic rings. The van der Waals surface area contributed by atoms with E-state index in [4.69, 9.17) is 16.3 Å². The Hall–Kier alpha value is -1.64. The zero-order valence-corrected chi connectivity index (χ0v) is 18.2. The number of ether oxygens (including phenoxy) is 1. The molecule has 0 radical (unpaired) electrons. The second-order valence-electron chi connectivity index (χ2n) is 8.23. The third-order valence-corrected chi connectivity index (χ3v) is 7.76. The smallest absolute Gasteiger partial charge is 0.313 e. The van der Waals surface area contributed by atoms with Crippen molar-refractivity contribution >= 4 is 33.5 Å². The number of carbonyl (C=O) groups excluding carboxylic acids is 2. The van der Waals surface area contributed by atoms with E-state index < -0.39 is 27.4 Å². The molecule has 2 saturated carbocycles. The van der Waals surface area contributed by atoms with E-state index in [1.54, 1.807) is 13.0 Å². The van der Waals surface area contributed by atoms with Crippen LogP contribution >= 0.6 is 11.6 Å². The van der Waals surface area contributed by atoms with Crippen LogP contribution in [0.1, 0.15) is 46.0 Å². The first-order chi connectivity index (χ1) is 13.6. The number of esters is 1. The summed E-state index contributed by atoms with van der Waals surface area (Å²) in [5, 5.41) is 3.03. The number of halogens is 1. The fraction of sp³-hybridized carbons (Fsp3) is 0.600. The van der Waals surface area contributed by atoms with Crippen LogP contribution < -0.4 is 10.0 Å². The quantitative estimate of drug-likeness (QED) is 0.602. The SMILES string of the molecule is CCOC(=O)C1(CNC(=O)[C@H](C)NS(=O)(=O)c2cccc(Cl)c2)CC2(CCC2)C1. The van der Waals surface area contributed by atoms with Crippen molar-refractivity contribution in [1.29, 1.82) is 0 Å². The van der Waals surface area contributed by atoms with E-state index in [2.05, 4.69) is 10.0 Å². The lowest BCUT2D eigenvalue weighted by Gasteiger charge is -2.59. The Kier molecular flexibility index (Phi) is 6.27. The van der Waals surface area contributed by atoms with Crippen LogP contribution in [0.15, 0.2) is 29.2 Å². The van der Waals surface area contributed by atoms with Crippen LogP contribution in [0.3, 0.4) is 0 Å². The van der Waals surface area contributed by atoms with Crippen LogP contribution in [0.5, 0.6) is 0 Å². The fourth-order valence-corrected chi connectivity index (χ4v) is 5.94. The van der Waals surface area contributed by atoms with Gasteiger partial charge < -0.3 is 10.1 Å². The third-order valence-electron chi connectivity index (χ3n) is 5.98. The average molecular weight is 443 g/mol. The number of nitrogens with one attached hydrogen (secondary N) is 2. The average Bonchev–Trinajstić information content (AvgIpc) is 2.59. The van der Waals surface area contributed by atoms with Crippen LogP contribution in [0.25, 0.3) is 0 Å². The number of hydrogen-bond acceptors (Lipinski definition) is 5. The summed E-state index contributed by atoms with van der Waals surface area (Å²) in [5.74, 6) is -0.779. The maximum atomic E-state index is 12.5. The van der Waals surface area contributed by atoms with Gasteiger partial charge in [0.05, 0.1) is 23.0 Å². The number of amides is 1. The number of benzene rings is 1. The first kappa shape index (κ1) is 22.1. The van der Waals surface area contributed by atoms with Gasteiger partial charge in [-0.3, -0.25) is 9.59 Å². The van der Waals surface area contributed by atoms with Gasteiger partial charge in [0.25, 0.3) is 0 Å². The van der Waals surface area contributed by atoms with Crippen molar-refractivity contribution in [3.05, 3.63) is 29.3 Å². The number of sulfonamides is 1. The standard InChI is InChI=1S/C20H27ClN2O5S/c1-3-28-18(25)20(11-19(12-20)8-5-9-19)13-22-17(24)14(2)23-29(26,27)16-7-4-6-15(21)10-16/h4,6-7,10,14,23H,3,5,8-9,11-13H2,1-2H3,(H,22,24)/t14-/m0/s1. The molecule has 1 atom stereocenters. The van der Waals surface area contributed by atoms with E-state index in [-0.39, 0.29) is 34.5 Å². The van der Waals surface area contributed by atoms with Crippen molar-refractivity contribution in [1.82, 2.24) is 10.0 Å². The van der Waals surface area contributed by atoms with Crippen molar-refractivity contribution < 1.29 is 22.7 Å². The summed E-state index contributed by atoms with van der Waals surface area (Å²) < 4.78 is 32.5. The largest absolute Gasteiger partial charge is 0.466 e. The molecule has 2 N–H and O–H groups in total. The molecule has 3 rings (SSSR count). The van der Waals surface area contributed by atoms with E-state index in [0.717, 1.165) is 12.8 Å². The summed E-state index contributed by atoms with van der Waals surface area (Å²) in [7, 11) is -3.90. The van der Waals surface area contributed by atoms with Gasteiger partial charge in [0.2, 0.25) is 15.9 Å². The summed E-state index contributed by atoms with van der Waals surface area (Å²) in [6, 6.07) is 4.81. The minimum atomic E-state index is -3.90. The highest BCUT2D eigenvalue weighted by Crippen LogP contribution is 2.64. The minimum Gasteiger partial charge on any atom is -0.466 e. The Balaban J connectivity index is 1.60. The van der Waals surface area contributed by atoms with Crippen LogP contribution in [0.2, 0.25) is 5.02 Å². The lowest BCUT2D eigenvalue weighted by Crippen LogP contribution is -2.60. The molecular weight excluding hydrogens is 416 g/mol. The molecule has 7 nitrogen and oxygen atoms in total. The van der Waals surface area contributed by atoms with Gasteiger partial charge in [-0.2, -0.15) is 4.72 Å². The summed E-state index contributed by atoms with van der Waals surface area (Å²) in [6.07, 6.45) is 4.81.